The van der Waals surface area contributed by atoms with Crippen molar-refractivity contribution < 1.29 is 9.59 Å². The molecule has 1 saturated heterocycles. The minimum Gasteiger partial charge on any atom is -0.341 e. The first-order valence-corrected chi connectivity index (χ1v) is 7.16. The summed E-state index contributed by atoms with van der Waals surface area (Å²) in [5.41, 5.74) is 3.62. The van der Waals surface area contributed by atoms with Gasteiger partial charge in [0.25, 0.3) is 0 Å². The van der Waals surface area contributed by atoms with Crippen LogP contribution in [-0.2, 0) is 9.59 Å². The minimum absolute atomic E-state index is 0.197. The zero-order valence-corrected chi connectivity index (χ0v) is 12.5. The second-order valence-electron chi connectivity index (χ2n) is 5.34. The molecule has 1 fully saturated rings. The molecule has 1 atom stereocenters. The van der Waals surface area contributed by atoms with Gasteiger partial charge in [-0.05, 0) is 19.5 Å². The maximum atomic E-state index is 11.9. The van der Waals surface area contributed by atoms with Crippen molar-refractivity contribution in [1.29, 1.82) is 0 Å². The van der Waals surface area contributed by atoms with Gasteiger partial charge in [-0.1, -0.05) is 30.3 Å². The summed E-state index contributed by atoms with van der Waals surface area (Å²) in [5, 5.41) is 4.49. The maximum absolute atomic E-state index is 11.9. The van der Waals surface area contributed by atoms with Crippen molar-refractivity contribution in [1.82, 2.24) is 20.7 Å². The molecule has 0 aromatic heterocycles. The van der Waals surface area contributed by atoms with Crippen molar-refractivity contribution in [3.05, 3.63) is 35.9 Å². The Balaban J connectivity index is 1.81. The normalized spacial score (nSPS) is 18.0. The average molecular weight is 290 g/mol. The zero-order chi connectivity index (χ0) is 15.2. The average Bonchev–Trinajstić information content (AvgIpc) is 2.50. The Bertz CT molecular complexity index is 484. The highest BCUT2D eigenvalue weighted by Crippen LogP contribution is 2.10. The molecule has 114 valence electrons. The van der Waals surface area contributed by atoms with E-state index in [0.29, 0.717) is 0 Å². The summed E-state index contributed by atoms with van der Waals surface area (Å²) in [6.07, 6.45) is 0. The topological polar surface area (TPSA) is 64.7 Å². The Morgan fingerprint density at radius 3 is 2.29 bits per heavy atom. The Labute approximate surface area is 125 Å². The van der Waals surface area contributed by atoms with Gasteiger partial charge in [0.05, 0.1) is 6.04 Å². The van der Waals surface area contributed by atoms with Gasteiger partial charge >= 0.3 is 11.8 Å². The summed E-state index contributed by atoms with van der Waals surface area (Å²) in [4.78, 5) is 26.0. The lowest BCUT2D eigenvalue weighted by Crippen LogP contribution is -2.55. The highest BCUT2D eigenvalue weighted by molar-refractivity contribution is 6.35. The summed E-state index contributed by atoms with van der Waals surface area (Å²) >= 11 is 0. The van der Waals surface area contributed by atoms with E-state index in [1.807, 2.05) is 44.3 Å². The molecule has 2 N–H and O–H groups in total. The molecule has 21 heavy (non-hydrogen) atoms. The highest BCUT2D eigenvalue weighted by Gasteiger charge is 2.21. The number of piperazine rings is 1. The molecule has 1 heterocycles. The summed E-state index contributed by atoms with van der Waals surface area (Å²) in [7, 11) is 2.04. The molecule has 1 aromatic rings. The number of benzene rings is 1. The molecule has 0 spiro atoms. The quantitative estimate of drug-likeness (QED) is 0.778. The monoisotopic (exact) mass is 290 g/mol. The molecule has 1 aromatic carbocycles. The van der Waals surface area contributed by atoms with Gasteiger partial charge in [-0.15, -0.1) is 0 Å². The minimum atomic E-state index is -0.609. The number of hydrazine groups is 1. The number of hydrogen-bond donors (Lipinski definition) is 2. The van der Waals surface area contributed by atoms with Crippen LogP contribution < -0.4 is 10.7 Å². The fourth-order valence-electron chi connectivity index (χ4n) is 2.20. The molecule has 1 aliphatic rings. The van der Waals surface area contributed by atoms with Crippen LogP contribution in [0, 0.1) is 0 Å². The molecule has 0 radical (unpaired) electrons. The van der Waals surface area contributed by atoms with E-state index < -0.39 is 11.8 Å². The molecular formula is C15H22N4O2. The van der Waals surface area contributed by atoms with E-state index in [1.54, 1.807) is 5.01 Å². The number of carbonyl (C=O) groups is 2. The van der Waals surface area contributed by atoms with E-state index in [1.165, 1.54) is 0 Å². The third-order valence-electron chi connectivity index (χ3n) is 3.62. The van der Waals surface area contributed by atoms with Gasteiger partial charge in [-0.2, -0.15) is 0 Å². The first-order chi connectivity index (χ1) is 10.1. The third kappa shape index (κ3) is 4.54. The van der Waals surface area contributed by atoms with E-state index in [-0.39, 0.29) is 6.04 Å². The van der Waals surface area contributed by atoms with Crippen molar-refractivity contribution in [2.75, 3.05) is 33.2 Å². The smallest absolute Gasteiger partial charge is 0.323 e. The summed E-state index contributed by atoms with van der Waals surface area (Å²) in [5.74, 6) is -1.22. The standard InChI is InChI=1S/C15H22N4O2/c1-12(13-6-4-3-5-7-13)16-14(20)15(21)17-19-10-8-18(2)9-11-19/h3-7,12H,8-11H2,1-2H3,(H,16,20)(H,17,21)/t12-/m1/s1. The molecule has 0 saturated carbocycles. The molecule has 0 bridgehead atoms. The van der Waals surface area contributed by atoms with Crippen molar-refractivity contribution in [3.63, 3.8) is 0 Å². The molecule has 0 aliphatic carbocycles. The van der Waals surface area contributed by atoms with E-state index >= 15 is 0 Å². The number of rotatable bonds is 3. The first kappa shape index (κ1) is 15.5. The highest BCUT2D eigenvalue weighted by atomic mass is 16.2. The fourth-order valence-corrected chi connectivity index (χ4v) is 2.20. The number of hydrogen-bond acceptors (Lipinski definition) is 4. The lowest BCUT2D eigenvalue weighted by Gasteiger charge is -2.32. The predicted octanol–water partition coefficient (Wildman–Crippen LogP) is 0.142. The zero-order valence-electron chi connectivity index (χ0n) is 12.5. The van der Waals surface area contributed by atoms with Crippen molar-refractivity contribution in [3.8, 4) is 0 Å². The van der Waals surface area contributed by atoms with Crippen LogP contribution in [0.4, 0.5) is 0 Å². The van der Waals surface area contributed by atoms with Crippen LogP contribution in [0.15, 0.2) is 30.3 Å². The van der Waals surface area contributed by atoms with Gasteiger partial charge < -0.3 is 10.2 Å². The summed E-state index contributed by atoms with van der Waals surface area (Å²) < 4.78 is 0. The van der Waals surface area contributed by atoms with Crippen LogP contribution in [0.1, 0.15) is 18.5 Å². The largest absolute Gasteiger partial charge is 0.341 e. The molecular weight excluding hydrogens is 268 g/mol. The van der Waals surface area contributed by atoms with Gasteiger partial charge in [-0.25, -0.2) is 5.01 Å². The Morgan fingerprint density at radius 1 is 1.05 bits per heavy atom. The molecule has 6 heteroatoms. The third-order valence-corrected chi connectivity index (χ3v) is 3.62. The van der Waals surface area contributed by atoms with Gasteiger partial charge in [-0.3, -0.25) is 15.0 Å². The van der Waals surface area contributed by atoms with Crippen molar-refractivity contribution in [2.45, 2.75) is 13.0 Å². The molecule has 6 nitrogen and oxygen atoms in total. The molecule has 0 unspecified atom stereocenters. The van der Waals surface area contributed by atoms with E-state index in [0.717, 1.165) is 31.7 Å². The summed E-state index contributed by atoms with van der Waals surface area (Å²) in [6, 6.07) is 9.37. The van der Waals surface area contributed by atoms with Crippen LogP contribution in [-0.4, -0.2) is 54.9 Å². The van der Waals surface area contributed by atoms with E-state index in [4.69, 9.17) is 0 Å². The molecule has 1 aliphatic heterocycles. The fraction of sp³-hybridized carbons (Fsp3) is 0.467. The summed E-state index contributed by atoms with van der Waals surface area (Å²) in [6.45, 7) is 5.06. The Hall–Kier alpha value is -1.92. The Kier molecular flexibility index (Phi) is 5.30. The van der Waals surface area contributed by atoms with Gasteiger partial charge in [0.1, 0.15) is 0 Å². The second kappa shape index (κ2) is 7.19. The lowest BCUT2D eigenvalue weighted by atomic mass is 10.1. The lowest BCUT2D eigenvalue weighted by molar-refractivity contribution is -0.143. The Morgan fingerprint density at radius 2 is 1.67 bits per heavy atom. The SMILES string of the molecule is C[C@@H](NC(=O)C(=O)NN1CCN(C)CC1)c1ccccc1. The number of likely N-dealkylation sites (N-methyl/N-ethyl adjacent to an activating group) is 1. The number of amides is 2. The van der Waals surface area contributed by atoms with Crippen LogP contribution in [0.5, 0.6) is 0 Å². The molecule has 2 rings (SSSR count). The van der Waals surface area contributed by atoms with Crippen LogP contribution in [0.2, 0.25) is 0 Å². The predicted molar refractivity (Wildman–Crippen MR) is 80.2 cm³/mol. The van der Waals surface area contributed by atoms with Crippen molar-refractivity contribution >= 4 is 11.8 Å². The first-order valence-electron chi connectivity index (χ1n) is 7.16. The van der Waals surface area contributed by atoms with Crippen LogP contribution in [0.25, 0.3) is 0 Å². The van der Waals surface area contributed by atoms with E-state index in [9.17, 15) is 9.59 Å². The number of carbonyl (C=O) groups excluding carboxylic acids is 2. The van der Waals surface area contributed by atoms with E-state index in [2.05, 4.69) is 15.6 Å². The van der Waals surface area contributed by atoms with Gasteiger partial charge in [0.15, 0.2) is 0 Å². The number of nitrogens with zero attached hydrogens (tertiary/aromatic N) is 2. The number of nitrogens with one attached hydrogen (secondary N) is 2. The second-order valence-corrected chi connectivity index (χ2v) is 5.34. The maximum Gasteiger partial charge on any atom is 0.323 e. The van der Waals surface area contributed by atoms with Gasteiger partial charge in [0, 0.05) is 26.2 Å². The van der Waals surface area contributed by atoms with Gasteiger partial charge in [0.2, 0.25) is 0 Å². The molecule has 2 amide bonds. The van der Waals surface area contributed by atoms with Crippen molar-refractivity contribution in [2.24, 2.45) is 0 Å². The van der Waals surface area contributed by atoms with Crippen LogP contribution >= 0.6 is 0 Å². The van der Waals surface area contributed by atoms with Crippen LogP contribution in [0.3, 0.4) is 0 Å².